The van der Waals surface area contributed by atoms with Crippen LogP contribution < -0.4 is 10.6 Å². The molecule has 3 aromatic heterocycles. The van der Waals surface area contributed by atoms with Gasteiger partial charge in [0.15, 0.2) is 27.1 Å². The van der Waals surface area contributed by atoms with E-state index >= 15 is 0 Å². The molecule has 3 N–H and O–H groups in total. The average molecular weight is 377 g/mol. The molecule has 1 aliphatic heterocycles. The highest BCUT2D eigenvalue weighted by atomic mass is 32.2. The van der Waals surface area contributed by atoms with Gasteiger partial charge in [-0.3, -0.25) is 5.10 Å². The Labute approximate surface area is 149 Å². The van der Waals surface area contributed by atoms with Crippen LogP contribution >= 0.6 is 0 Å². The number of nitrogen functional groups attached to an aromatic ring is 1. The first-order chi connectivity index (χ1) is 12.4. The summed E-state index contributed by atoms with van der Waals surface area (Å²) in [6, 6.07) is 3.34. The Morgan fingerprint density at radius 2 is 2.23 bits per heavy atom. The number of sulfone groups is 1. The summed E-state index contributed by atoms with van der Waals surface area (Å²) in [4.78, 5) is 6.82. The summed E-state index contributed by atoms with van der Waals surface area (Å²) in [6.07, 6.45) is 2.73. The molecule has 0 amide bonds. The van der Waals surface area contributed by atoms with Crippen molar-refractivity contribution in [3.63, 3.8) is 0 Å². The topological polar surface area (TPSA) is 132 Å². The summed E-state index contributed by atoms with van der Waals surface area (Å²) < 4.78 is 31.8. The van der Waals surface area contributed by atoms with Crippen LogP contribution in [0.25, 0.3) is 16.9 Å². The summed E-state index contributed by atoms with van der Waals surface area (Å²) in [7, 11) is -3.54. The Bertz CT molecular complexity index is 1060. The SMILES string of the molecule is C[C@@H]1COCCN1c1cc(S(C)(=O)=O)c2c(N)nn(-c3ccn[nH]3)c2n1. The van der Waals surface area contributed by atoms with E-state index in [1.165, 1.54) is 4.68 Å². The third kappa shape index (κ3) is 2.69. The molecule has 26 heavy (non-hydrogen) atoms. The summed E-state index contributed by atoms with van der Waals surface area (Å²) in [5.41, 5.74) is 6.40. The van der Waals surface area contributed by atoms with Gasteiger partial charge in [0.2, 0.25) is 0 Å². The van der Waals surface area contributed by atoms with Crippen LogP contribution in [-0.4, -0.2) is 65.4 Å². The van der Waals surface area contributed by atoms with Crippen LogP contribution in [0.15, 0.2) is 23.2 Å². The molecule has 11 heteroatoms. The Balaban J connectivity index is 2.02. The lowest BCUT2D eigenvalue weighted by Gasteiger charge is -2.34. The highest BCUT2D eigenvalue weighted by molar-refractivity contribution is 7.91. The summed E-state index contributed by atoms with van der Waals surface area (Å²) in [5, 5.41) is 11.3. The number of pyridine rings is 1. The van der Waals surface area contributed by atoms with Gasteiger partial charge in [0.25, 0.3) is 0 Å². The molecular formula is C15H19N7O3S. The predicted octanol–water partition coefficient (Wildman–Crippen LogP) is 0.354. The van der Waals surface area contributed by atoms with Crippen molar-refractivity contribution in [2.45, 2.75) is 17.9 Å². The molecule has 0 saturated carbocycles. The largest absolute Gasteiger partial charge is 0.382 e. The minimum absolute atomic E-state index is 0.0713. The van der Waals surface area contributed by atoms with Gasteiger partial charge in [0, 0.05) is 24.9 Å². The van der Waals surface area contributed by atoms with E-state index in [1.807, 2.05) is 11.8 Å². The molecule has 0 bridgehead atoms. The minimum atomic E-state index is -3.54. The molecule has 0 unspecified atom stereocenters. The van der Waals surface area contributed by atoms with Crippen LogP contribution in [-0.2, 0) is 14.6 Å². The van der Waals surface area contributed by atoms with Gasteiger partial charge in [-0.2, -0.15) is 9.78 Å². The van der Waals surface area contributed by atoms with Crippen molar-refractivity contribution < 1.29 is 13.2 Å². The van der Waals surface area contributed by atoms with Gasteiger partial charge in [-0.25, -0.2) is 13.4 Å². The second-order valence-corrected chi connectivity index (χ2v) is 8.29. The lowest BCUT2D eigenvalue weighted by molar-refractivity contribution is 0.0985. The normalized spacial score (nSPS) is 18.5. The first kappa shape index (κ1) is 16.8. The van der Waals surface area contributed by atoms with Gasteiger partial charge < -0.3 is 15.4 Å². The van der Waals surface area contributed by atoms with Gasteiger partial charge in [-0.1, -0.05) is 0 Å². The fraction of sp³-hybridized carbons (Fsp3) is 0.400. The van der Waals surface area contributed by atoms with Crippen molar-refractivity contribution in [2.24, 2.45) is 0 Å². The van der Waals surface area contributed by atoms with Crippen LogP contribution in [0.5, 0.6) is 0 Å². The molecular weight excluding hydrogens is 358 g/mol. The zero-order chi connectivity index (χ0) is 18.5. The zero-order valence-corrected chi connectivity index (χ0v) is 15.2. The maximum Gasteiger partial charge on any atom is 0.176 e. The number of nitrogens with two attached hydrogens (primary N) is 1. The lowest BCUT2D eigenvalue weighted by Crippen LogP contribution is -2.44. The minimum Gasteiger partial charge on any atom is -0.382 e. The molecule has 3 aromatic rings. The van der Waals surface area contributed by atoms with E-state index in [0.29, 0.717) is 42.4 Å². The lowest BCUT2D eigenvalue weighted by atomic mass is 10.2. The van der Waals surface area contributed by atoms with Crippen molar-refractivity contribution in [3.8, 4) is 5.82 Å². The number of nitrogens with one attached hydrogen (secondary N) is 1. The molecule has 0 radical (unpaired) electrons. The number of aromatic amines is 1. The summed E-state index contributed by atoms with van der Waals surface area (Å²) >= 11 is 0. The number of hydrogen-bond donors (Lipinski definition) is 2. The first-order valence-corrected chi connectivity index (χ1v) is 9.99. The van der Waals surface area contributed by atoms with Crippen molar-refractivity contribution in [1.29, 1.82) is 0 Å². The number of hydrogen-bond acceptors (Lipinski definition) is 8. The number of anilines is 2. The first-order valence-electron chi connectivity index (χ1n) is 8.09. The number of H-pyrrole nitrogens is 1. The number of ether oxygens (including phenoxy) is 1. The quantitative estimate of drug-likeness (QED) is 0.668. The number of fused-ring (bicyclic) bond motifs is 1. The van der Waals surface area contributed by atoms with Gasteiger partial charge in [-0.15, -0.1) is 5.10 Å². The molecule has 138 valence electrons. The van der Waals surface area contributed by atoms with Gasteiger partial charge in [-0.05, 0) is 6.92 Å². The average Bonchev–Trinajstić information content (AvgIpc) is 3.22. The third-order valence-electron chi connectivity index (χ3n) is 4.39. The van der Waals surface area contributed by atoms with Crippen LogP contribution in [0.1, 0.15) is 6.92 Å². The molecule has 10 nitrogen and oxygen atoms in total. The highest BCUT2D eigenvalue weighted by Gasteiger charge is 2.27. The predicted molar refractivity (Wildman–Crippen MR) is 96.2 cm³/mol. The van der Waals surface area contributed by atoms with Crippen molar-refractivity contribution in [1.82, 2.24) is 25.0 Å². The number of nitrogens with zero attached hydrogens (tertiary/aromatic N) is 5. The number of rotatable bonds is 3. The Kier molecular flexibility index (Phi) is 3.84. The van der Waals surface area contributed by atoms with Crippen molar-refractivity contribution >= 4 is 32.5 Å². The van der Waals surface area contributed by atoms with E-state index in [1.54, 1.807) is 18.3 Å². The number of morpholine rings is 1. The Morgan fingerprint density at radius 3 is 2.88 bits per heavy atom. The maximum atomic E-state index is 12.4. The summed E-state index contributed by atoms with van der Waals surface area (Å²) in [6.45, 7) is 3.73. The monoisotopic (exact) mass is 377 g/mol. The smallest absolute Gasteiger partial charge is 0.176 e. The molecule has 0 spiro atoms. The van der Waals surface area contributed by atoms with Gasteiger partial charge in [0.05, 0.1) is 35.7 Å². The second kappa shape index (κ2) is 5.95. The number of aromatic nitrogens is 5. The van der Waals surface area contributed by atoms with E-state index in [-0.39, 0.29) is 16.8 Å². The fourth-order valence-corrected chi connectivity index (χ4v) is 4.02. The fourth-order valence-electron chi connectivity index (χ4n) is 3.14. The van der Waals surface area contributed by atoms with E-state index in [9.17, 15) is 8.42 Å². The Morgan fingerprint density at radius 1 is 1.42 bits per heavy atom. The second-order valence-electron chi connectivity index (χ2n) is 6.31. The highest BCUT2D eigenvalue weighted by Crippen LogP contribution is 2.32. The van der Waals surface area contributed by atoms with Crippen LogP contribution in [0, 0.1) is 0 Å². The van der Waals surface area contributed by atoms with Crippen molar-refractivity contribution in [2.75, 3.05) is 36.6 Å². The van der Waals surface area contributed by atoms with Crippen LogP contribution in [0.2, 0.25) is 0 Å². The molecule has 1 atom stereocenters. The van der Waals surface area contributed by atoms with Gasteiger partial charge in [0.1, 0.15) is 5.82 Å². The molecule has 0 aliphatic carbocycles. The molecule has 4 rings (SSSR count). The standard InChI is InChI=1S/C15H19N7O3S/c1-9-8-25-6-5-21(9)12-7-10(26(2,23)24)13-14(16)20-22(15(13)18-12)11-3-4-17-19-11/h3-4,7,9H,5-6,8H2,1-2H3,(H2,16,20)(H,17,19)/t9-/m1/s1. The molecule has 1 aliphatic rings. The molecule has 4 heterocycles. The molecule has 1 fully saturated rings. The molecule has 1 saturated heterocycles. The van der Waals surface area contributed by atoms with Gasteiger partial charge >= 0.3 is 0 Å². The molecule has 0 aromatic carbocycles. The van der Waals surface area contributed by atoms with E-state index in [2.05, 4.69) is 20.3 Å². The van der Waals surface area contributed by atoms with E-state index in [0.717, 1.165) is 6.26 Å². The maximum absolute atomic E-state index is 12.4. The third-order valence-corrected chi connectivity index (χ3v) is 5.51. The zero-order valence-electron chi connectivity index (χ0n) is 14.4. The van der Waals surface area contributed by atoms with Crippen molar-refractivity contribution in [3.05, 3.63) is 18.3 Å². The van der Waals surface area contributed by atoms with Crippen LogP contribution in [0.3, 0.4) is 0 Å². The Hall–Kier alpha value is -2.66. The summed E-state index contributed by atoms with van der Waals surface area (Å²) in [5.74, 6) is 1.20. The van der Waals surface area contributed by atoms with E-state index < -0.39 is 9.84 Å². The van der Waals surface area contributed by atoms with E-state index in [4.69, 9.17) is 10.5 Å². The van der Waals surface area contributed by atoms with Crippen LogP contribution in [0.4, 0.5) is 11.6 Å².